The third-order valence-corrected chi connectivity index (χ3v) is 6.49. The standard InChI is InChI=1S/C27H35N7O2/c1-5-7-17-27(35-3,36-4)26-28-24(34(31-26)18-8-6-2)19-20-13-15-21(16-14-20)22-11-9-10-12-23(22)25-29-32-33-30-25/h9-16H,5-8,17-19H2,1-4H3,(H,29,30,32,33). The average Bonchev–Trinajstić information content (AvgIpc) is 3.60. The molecule has 9 heteroatoms. The molecule has 0 aliphatic heterocycles. The second-order valence-electron chi connectivity index (χ2n) is 8.86. The lowest BCUT2D eigenvalue weighted by atomic mass is 9.98. The second-order valence-corrected chi connectivity index (χ2v) is 8.86. The molecule has 0 amide bonds. The highest BCUT2D eigenvalue weighted by molar-refractivity contribution is 5.80. The van der Waals surface area contributed by atoms with Gasteiger partial charge in [-0.1, -0.05) is 75.2 Å². The van der Waals surface area contributed by atoms with Crippen LogP contribution >= 0.6 is 0 Å². The van der Waals surface area contributed by atoms with Crippen molar-refractivity contribution in [3.05, 3.63) is 65.7 Å². The molecule has 2 heterocycles. The van der Waals surface area contributed by atoms with Gasteiger partial charge in [0.2, 0.25) is 11.6 Å². The lowest BCUT2D eigenvalue weighted by Gasteiger charge is -2.27. The van der Waals surface area contributed by atoms with Gasteiger partial charge in [-0.3, -0.25) is 0 Å². The van der Waals surface area contributed by atoms with E-state index in [1.807, 2.05) is 22.9 Å². The molecule has 4 rings (SSSR count). The average molecular weight is 490 g/mol. The highest BCUT2D eigenvalue weighted by Gasteiger charge is 2.37. The number of aromatic nitrogens is 7. The fourth-order valence-electron chi connectivity index (χ4n) is 4.34. The van der Waals surface area contributed by atoms with Crippen molar-refractivity contribution in [2.45, 2.75) is 64.7 Å². The number of H-pyrrole nitrogens is 1. The van der Waals surface area contributed by atoms with Crippen LogP contribution in [0.15, 0.2) is 48.5 Å². The van der Waals surface area contributed by atoms with E-state index in [4.69, 9.17) is 19.6 Å². The lowest BCUT2D eigenvalue weighted by molar-refractivity contribution is -0.226. The molecule has 1 N–H and O–H groups in total. The maximum atomic E-state index is 5.83. The smallest absolute Gasteiger partial charge is 0.231 e. The van der Waals surface area contributed by atoms with Gasteiger partial charge in [0, 0.05) is 39.2 Å². The fourth-order valence-corrected chi connectivity index (χ4v) is 4.34. The van der Waals surface area contributed by atoms with Crippen LogP contribution in [0.25, 0.3) is 22.5 Å². The molecule has 4 aromatic rings. The monoisotopic (exact) mass is 489 g/mol. The Morgan fingerprint density at radius 3 is 2.28 bits per heavy atom. The van der Waals surface area contributed by atoms with Crippen LogP contribution in [0.1, 0.15) is 63.2 Å². The Balaban J connectivity index is 1.61. The molecule has 0 saturated heterocycles. The number of aryl methyl sites for hydroxylation is 1. The maximum absolute atomic E-state index is 5.83. The Bertz CT molecular complexity index is 1220. The van der Waals surface area contributed by atoms with Gasteiger partial charge in [0.25, 0.3) is 0 Å². The summed E-state index contributed by atoms with van der Waals surface area (Å²) in [6, 6.07) is 16.6. The Hall–Kier alpha value is -3.43. The minimum atomic E-state index is -0.925. The third-order valence-electron chi connectivity index (χ3n) is 6.49. The van der Waals surface area contributed by atoms with Gasteiger partial charge in [-0.2, -0.15) is 5.10 Å². The summed E-state index contributed by atoms with van der Waals surface area (Å²) in [4.78, 5) is 4.93. The number of unbranched alkanes of at least 4 members (excludes halogenated alkanes) is 2. The molecule has 0 atom stereocenters. The summed E-state index contributed by atoms with van der Waals surface area (Å²) in [5, 5.41) is 19.2. The summed E-state index contributed by atoms with van der Waals surface area (Å²) in [5.74, 6) is 1.23. The van der Waals surface area contributed by atoms with Crippen molar-refractivity contribution in [1.82, 2.24) is 35.4 Å². The maximum Gasteiger partial charge on any atom is 0.231 e. The summed E-state index contributed by atoms with van der Waals surface area (Å²) < 4.78 is 13.7. The zero-order chi connectivity index (χ0) is 25.4. The Morgan fingerprint density at radius 2 is 1.64 bits per heavy atom. The van der Waals surface area contributed by atoms with Gasteiger partial charge >= 0.3 is 0 Å². The quantitative estimate of drug-likeness (QED) is 0.259. The first-order chi connectivity index (χ1) is 17.6. The minimum absolute atomic E-state index is 0.596. The Kier molecular flexibility index (Phi) is 8.56. The number of nitrogens with one attached hydrogen (secondary N) is 1. The molecule has 9 nitrogen and oxygen atoms in total. The number of rotatable bonds is 13. The predicted octanol–water partition coefficient (Wildman–Crippen LogP) is 5.15. The largest absolute Gasteiger partial charge is 0.347 e. The van der Waals surface area contributed by atoms with E-state index in [0.29, 0.717) is 24.5 Å². The van der Waals surface area contributed by atoms with E-state index in [9.17, 15) is 0 Å². The highest BCUT2D eigenvalue weighted by atomic mass is 16.7. The summed E-state index contributed by atoms with van der Waals surface area (Å²) in [6.07, 6.45) is 5.50. The first kappa shape index (κ1) is 25.7. The second kappa shape index (κ2) is 12.0. The molecule has 0 spiro atoms. The van der Waals surface area contributed by atoms with Crippen molar-refractivity contribution >= 4 is 0 Å². The van der Waals surface area contributed by atoms with Crippen LogP contribution in [0.2, 0.25) is 0 Å². The van der Waals surface area contributed by atoms with Crippen LogP contribution in [0.5, 0.6) is 0 Å². The molecule has 0 fully saturated rings. The van der Waals surface area contributed by atoms with Crippen molar-refractivity contribution in [1.29, 1.82) is 0 Å². The zero-order valence-electron chi connectivity index (χ0n) is 21.6. The van der Waals surface area contributed by atoms with Crippen LogP contribution in [0, 0.1) is 0 Å². The van der Waals surface area contributed by atoms with E-state index in [1.54, 1.807) is 14.2 Å². The molecule has 0 unspecified atom stereocenters. The molecule has 0 radical (unpaired) electrons. The van der Waals surface area contributed by atoms with E-state index in [1.165, 1.54) is 0 Å². The van der Waals surface area contributed by atoms with Crippen molar-refractivity contribution in [2.24, 2.45) is 0 Å². The zero-order valence-corrected chi connectivity index (χ0v) is 21.6. The summed E-state index contributed by atoms with van der Waals surface area (Å²) in [6.45, 7) is 5.14. The van der Waals surface area contributed by atoms with Crippen LogP contribution in [0.3, 0.4) is 0 Å². The number of methoxy groups -OCH3 is 2. The number of benzene rings is 2. The molecule has 2 aromatic heterocycles. The molecule has 0 aliphatic rings. The predicted molar refractivity (Wildman–Crippen MR) is 138 cm³/mol. The molecular weight excluding hydrogens is 454 g/mol. The topological polar surface area (TPSA) is 104 Å². The molecule has 0 bridgehead atoms. The van der Waals surface area contributed by atoms with Gasteiger partial charge in [0.05, 0.1) is 0 Å². The Morgan fingerprint density at radius 1 is 0.917 bits per heavy atom. The molecular formula is C27H35N7O2. The normalized spacial score (nSPS) is 11.8. The number of ether oxygens (including phenoxy) is 2. The van der Waals surface area contributed by atoms with E-state index in [2.05, 4.69) is 64.8 Å². The number of tetrazole rings is 1. The molecule has 0 saturated carbocycles. The molecule has 190 valence electrons. The van der Waals surface area contributed by atoms with Gasteiger partial charge in [-0.15, -0.1) is 5.10 Å². The van der Waals surface area contributed by atoms with Gasteiger partial charge in [0.15, 0.2) is 5.82 Å². The Labute approximate surface area is 212 Å². The molecule has 36 heavy (non-hydrogen) atoms. The SMILES string of the molecule is CCCCn1nc(C(CCCC)(OC)OC)nc1Cc1ccc(-c2ccccc2-c2nnn[nH]2)cc1. The number of nitrogens with zero attached hydrogens (tertiary/aromatic N) is 6. The van der Waals surface area contributed by atoms with Gasteiger partial charge in [-0.05, 0) is 40.0 Å². The first-order valence-corrected chi connectivity index (χ1v) is 12.6. The van der Waals surface area contributed by atoms with Crippen molar-refractivity contribution in [3.8, 4) is 22.5 Å². The fraction of sp³-hybridized carbons (Fsp3) is 0.444. The molecule has 0 aliphatic carbocycles. The van der Waals surface area contributed by atoms with E-state index in [-0.39, 0.29) is 0 Å². The molecule has 2 aromatic carbocycles. The third kappa shape index (κ3) is 5.52. The van der Waals surface area contributed by atoms with Crippen molar-refractivity contribution < 1.29 is 9.47 Å². The summed E-state index contributed by atoms with van der Waals surface area (Å²) in [5.41, 5.74) is 4.28. The van der Waals surface area contributed by atoms with Crippen LogP contribution in [0.4, 0.5) is 0 Å². The highest BCUT2D eigenvalue weighted by Crippen LogP contribution is 2.31. The number of aromatic amines is 1. The van der Waals surface area contributed by atoms with Gasteiger partial charge < -0.3 is 9.47 Å². The van der Waals surface area contributed by atoms with Gasteiger partial charge in [0.1, 0.15) is 5.82 Å². The minimum Gasteiger partial charge on any atom is -0.347 e. The van der Waals surface area contributed by atoms with Crippen molar-refractivity contribution in [2.75, 3.05) is 14.2 Å². The first-order valence-electron chi connectivity index (χ1n) is 12.6. The van der Waals surface area contributed by atoms with E-state index in [0.717, 1.165) is 60.3 Å². The summed E-state index contributed by atoms with van der Waals surface area (Å²) in [7, 11) is 3.33. The lowest BCUT2D eigenvalue weighted by Crippen LogP contribution is -2.32. The number of hydrogen-bond donors (Lipinski definition) is 1. The number of hydrogen-bond acceptors (Lipinski definition) is 7. The van der Waals surface area contributed by atoms with E-state index >= 15 is 0 Å². The van der Waals surface area contributed by atoms with E-state index < -0.39 is 5.79 Å². The summed E-state index contributed by atoms with van der Waals surface area (Å²) >= 11 is 0. The van der Waals surface area contributed by atoms with Crippen LogP contribution in [-0.4, -0.2) is 49.6 Å². The van der Waals surface area contributed by atoms with Gasteiger partial charge in [-0.25, -0.2) is 14.8 Å². The van der Waals surface area contributed by atoms with Crippen LogP contribution in [-0.2, 0) is 28.2 Å². The van der Waals surface area contributed by atoms with Crippen LogP contribution < -0.4 is 0 Å². The van der Waals surface area contributed by atoms with Crippen molar-refractivity contribution in [3.63, 3.8) is 0 Å².